The first-order valence-electron chi connectivity index (χ1n) is 1.34. The van der Waals surface area contributed by atoms with Gasteiger partial charge in [0.25, 0.3) is 0 Å². The number of rotatable bonds is 0. The van der Waals surface area contributed by atoms with Gasteiger partial charge in [-0.25, -0.2) is 0 Å². The van der Waals surface area contributed by atoms with Gasteiger partial charge in [-0.15, -0.1) is 0 Å². The van der Waals surface area contributed by atoms with Gasteiger partial charge in [0.15, 0.2) is 0 Å². The summed E-state index contributed by atoms with van der Waals surface area (Å²) >= 11 is 2.31. The summed E-state index contributed by atoms with van der Waals surface area (Å²) in [5.74, 6) is 0. The second kappa shape index (κ2) is 16.0. The van der Waals surface area contributed by atoms with Gasteiger partial charge in [0, 0.05) is 0 Å². The van der Waals surface area contributed by atoms with Crippen LogP contribution in [0.3, 0.4) is 0 Å². The van der Waals surface area contributed by atoms with E-state index in [-0.39, 0.29) is 7.43 Å². The monoisotopic (exact) mass is 168 g/mol. The molecule has 0 atom stereocenters. The normalized spacial score (nSPS) is 5.71. The minimum atomic E-state index is -1.13. The Bertz CT molecular complexity index is 44.2. The van der Waals surface area contributed by atoms with Gasteiger partial charge in [0.1, 0.15) is 0 Å². The Kier molecular flexibility index (Phi) is 35.8. The summed E-state index contributed by atoms with van der Waals surface area (Å²) in [5.41, 5.74) is 0. The third-order valence-corrected chi connectivity index (χ3v) is 0. The summed E-state index contributed by atoms with van der Waals surface area (Å²) < 4.78 is 17.6. The van der Waals surface area contributed by atoms with Crippen LogP contribution in [0.15, 0.2) is 0 Å². The fourth-order valence-corrected chi connectivity index (χ4v) is 0. The zero-order valence-electron chi connectivity index (χ0n) is 4.65. The summed E-state index contributed by atoms with van der Waals surface area (Å²) in [6.45, 7) is 3.43. The van der Waals surface area contributed by atoms with E-state index < -0.39 is 7.80 Å². The average molecular weight is 168 g/mol. The van der Waals surface area contributed by atoms with E-state index in [9.17, 15) is 4.57 Å². The SMILES string of the molecule is C[PH](C)=O.[CH3-].[O]=[Co]. The molecule has 4 heteroatoms. The van der Waals surface area contributed by atoms with Crippen LogP contribution in [-0.4, -0.2) is 13.3 Å². The van der Waals surface area contributed by atoms with Crippen LogP contribution in [0.2, 0.25) is 0 Å². The van der Waals surface area contributed by atoms with E-state index in [2.05, 4.69) is 15.7 Å². The van der Waals surface area contributed by atoms with Gasteiger partial charge in [-0.3, -0.25) is 0 Å². The molecular formula is C3H10CoO2P-. The number of hydrogen-bond acceptors (Lipinski definition) is 2. The van der Waals surface area contributed by atoms with Gasteiger partial charge in [0.2, 0.25) is 0 Å². The minimum absolute atomic E-state index is 0. The summed E-state index contributed by atoms with van der Waals surface area (Å²) in [7, 11) is -1.13. The van der Waals surface area contributed by atoms with Crippen LogP contribution in [-0.2, 0) is 24.1 Å². The molecule has 0 rings (SSSR count). The Hall–Kier alpha value is 0.536. The fraction of sp³-hybridized carbons (Fsp3) is 0.667. The predicted molar refractivity (Wildman–Crippen MR) is 27.9 cm³/mol. The van der Waals surface area contributed by atoms with E-state index in [0.29, 0.717) is 0 Å². The molecule has 2 nitrogen and oxygen atoms in total. The molecule has 0 aromatic carbocycles. The van der Waals surface area contributed by atoms with Crippen molar-refractivity contribution < 1.29 is 24.1 Å². The van der Waals surface area contributed by atoms with Gasteiger partial charge in [0.05, 0.1) is 7.80 Å². The average Bonchev–Trinajstić information content (AvgIpc) is 1.41. The number of hydrogen-bond donors (Lipinski definition) is 0. The van der Waals surface area contributed by atoms with Gasteiger partial charge in [-0.2, -0.15) is 0 Å². The second-order valence-corrected chi connectivity index (χ2v) is 2.72. The van der Waals surface area contributed by atoms with Crippen molar-refractivity contribution >= 4 is 7.80 Å². The quantitative estimate of drug-likeness (QED) is 0.401. The van der Waals surface area contributed by atoms with Gasteiger partial charge >= 0.3 is 19.5 Å². The van der Waals surface area contributed by atoms with Crippen LogP contribution in [0.25, 0.3) is 0 Å². The molecule has 7 heavy (non-hydrogen) atoms. The van der Waals surface area contributed by atoms with Gasteiger partial charge < -0.3 is 12.0 Å². The Labute approximate surface area is 53.3 Å². The molecule has 0 saturated carbocycles. The predicted octanol–water partition coefficient (Wildman–Crippen LogP) is 1.13. The molecule has 0 aliphatic rings. The third-order valence-electron chi connectivity index (χ3n) is 0. The zero-order valence-corrected chi connectivity index (χ0v) is 6.69. The molecule has 0 heterocycles. The van der Waals surface area contributed by atoms with Gasteiger partial charge in [-0.1, -0.05) is 0 Å². The molecule has 0 saturated heterocycles. The maximum atomic E-state index is 9.63. The fourth-order valence-electron chi connectivity index (χ4n) is 0. The molecule has 49 valence electrons. The molecule has 0 N–H and O–H groups in total. The van der Waals surface area contributed by atoms with Crippen LogP contribution < -0.4 is 0 Å². The van der Waals surface area contributed by atoms with E-state index in [1.807, 2.05) is 0 Å². The molecule has 0 amide bonds. The molecule has 0 radical (unpaired) electrons. The molecular weight excluding hydrogens is 158 g/mol. The van der Waals surface area contributed by atoms with E-state index in [4.69, 9.17) is 3.87 Å². The van der Waals surface area contributed by atoms with E-state index >= 15 is 0 Å². The first-order chi connectivity index (χ1) is 2.73. The van der Waals surface area contributed by atoms with E-state index in [1.54, 1.807) is 13.3 Å². The van der Waals surface area contributed by atoms with Crippen molar-refractivity contribution in [1.29, 1.82) is 0 Å². The maximum absolute atomic E-state index is 9.63. The Morgan fingerprint density at radius 3 is 1.29 bits per heavy atom. The Morgan fingerprint density at radius 2 is 1.29 bits per heavy atom. The van der Waals surface area contributed by atoms with Crippen molar-refractivity contribution in [3.63, 3.8) is 0 Å². The van der Waals surface area contributed by atoms with Crippen molar-refractivity contribution in [2.24, 2.45) is 0 Å². The van der Waals surface area contributed by atoms with E-state index in [0.717, 1.165) is 0 Å². The van der Waals surface area contributed by atoms with Gasteiger partial charge in [-0.05, 0) is 13.3 Å². The standard InChI is InChI=1S/C2H7OP.CH3.Co.O/c1-4(2)3;;;/h4H,1-2H3;1H3;;/q;-1;;. The summed E-state index contributed by atoms with van der Waals surface area (Å²) in [5, 5.41) is 0. The second-order valence-electron chi connectivity index (χ2n) is 0.908. The van der Waals surface area contributed by atoms with Crippen molar-refractivity contribution in [2.45, 2.75) is 0 Å². The first kappa shape index (κ1) is 15.6. The van der Waals surface area contributed by atoms with Crippen molar-refractivity contribution in [1.82, 2.24) is 0 Å². The molecule has 0 aromatic heterocycles. The molecule has 0 aromatic rings. The van der Waals surface area contributed by atoms with Crippen molar-refractivity contribution in [3.8, 4) is 0 Å². The van der Waals surface area contributed by atoms with Crippen LogP contribution in [0.1, 0.15) is 0 Å². The van der Waals surface area contributed by atoms with Crippen molar-refractivity contribution in [3.05, 3.63) is 7.43 Å². The van der Waals surface area contributed by atoms with Crippen LogP contribution in [0.5, 0.6) is 0 Å². The molecule has 0 fully saturated rings. The molecule has 0 bridgehead atoms. The van der Waals surface area contributed by atoms with Crippen LogP contribution in [0.4, 0.5) is 0 Å². The first-order valence-corrected chi connectivity index (χ1v) is 4.17. The summed E-state index contributed by atoms with van der Waals surface area (Å²) in [6.07, 6.45) is 0. The third kappa shape index (κ3) is 467. The van der Waals surface area contributed by atoms with Crippen LogP contribution in [0, 0.1) is 7.43 Å². The molecule has 0 spiro atoms. The zero-order chi connectivity index (χ0) is 5.58. The molecule has 0 aliphatic carbocycles. The van der Waals surface area contributed by atoms with E-state index in [1.165, 1.54) is 0 Å². The molecule has 0 unspecified atom stereocenters. The summed E-state index contributed by atoms with van der Waals surface area (Å²) in [6, 6.07) is 0. The van der Waals surface area contributed by atoms with Crippen molar-refractivity contribution in [2.75, 3.05) is 13.3 Å². The topological polar surface area (TPSA) is 34.1 Å². The molecule has 0 aliphatic heterocycles. The Morgan fingerprint density at radius 1 is 1.29 bits per heavy atom. The Balaban J connectivity index is -0.0000000480. The van der Waals surface area contributed by atoms with Crippen LogP contribution >= 0.6 is 7.80 Å². The summed E-state index contributed by atoms with van der Waals surface area (Å²) in [4.78, 5) is 0.